The molecule has 0 bridgehead atoms. The van der Waals surface area contributed by atoms with Crippen LogP contribution in [-0.2, 0) is 24.3 Å². The van der Waals surface area contributed by atoms with Crippen molar-refractivity contribution < 1.29 is 9.53 Å². The van der Waals surface area contributed by atoms with E-state index in [0.717, 1.165) is 34.6 Å². The van der Waals surface area contributed by atoms with Gasteiger partial charge in [0.2, 0.25) is 5.91 Å². The third-order valence-corrected chi connectivity index (χ3v) is 5.16. The molecule has 0 aliphatic carbocycles. The molecule has 1 amide bonds. The van der Waals surface area contributed by atoms with Gasteiger partial charge in [-0.3, -0.25) is 4.79 Å². The van der Waals surface area contributed by atoms with Gasteiger partial charge in [-0.15, -0.1) is 0 Å². The highest BCUT2D eigenvalue weighted by Gasteiger charge is 2.12. The molecule has 3 aromatic carbocycles. The standard InChI is InChI=1S/C25H25N3O2/c1-30-21-14-11-20(12-15-21)18-28-23-10-6-5-9-22(23)27-24(28)17-26-25(29)16-13-19-7-3-2-4-8-19/h2-12,14-15H,13,16-18H2,1H3,(H,26,29). The molecule has 1 heterocycles. The molecule has 4 aromatic rings. The Hall–Kier alpha value is -3.60. The van der Waals surface area contributed by atoms with Crippen LogP contribution in [0.5, 0.6) is 5.75 Å². The highest BCUT2D eigenvalue weighted by molar-refractivity contribution is 5.77. The molecule has 0 unspecified atom stereocenters. The van der Waals surface area contributed by atoms with Gasteiger partial charge in [0, 0.05) is 13.0 Å². The first-order valence-corrected chi connectivity index (χ1v) is 10.1. The van der Waals surface area contributed by atoms with E-state index in [-0.39, 0.29) is 5.91 Å². The summed E-state index contributed by atoms with van der Waals surface area (Å²) in [6.07, 6.45) is 1.19. The molecule has 0 radical (unpaired) electrons. The lowest BCUT2D eigenvalue weighted by atomic mass is 10.1. The van der Waals surface area contributed by atoms with Crippen LogP contribution in [0.4, 0.5) is 0 Å². The molecule has 0 atom stereocenters. The summed E-state index contributed by atoms with van der Waals surface area (Å²) in [5.74, 6) is 1.71. The molecule has 5 nitrogen and oxygen atoms in total. The van der Waals surface area contributed by atoms with Crippen molar-refractivity contribution in [3.63, 3.8) is 0 Å². The number of imidazole rings is 1. The summed E-state index contributed by atoms with van der Waals surface area (Å²) < 4.78 is 7.41. The monoisotopic (exact) mass is 399 g/mol. The number of nitrogens with zero attached hydrogens (tertiary/aromatic N) is 2. The first kappa shape index (κ1) is 19.7. The van der Waals surface area contributed by atoms with Crippen LogP contribution in [0.1, 0.15) is 23.4 Å². The number of aromatic nitrogens is 2. The Morgan fingerprint density at radius 2 is 1.67 bits per heavy atom. The number of amides is 1. The van der Waals surface area contributed by atoms with Gasteiger partial charge < -0.3 is 14.6 Å². The normalized spacial score (nSPS) is 10.8. The van der Waals surface area contributed by atoms with Crippen LogP contribution in [0.15, 0.2) is 78.9 Å². The Kier molecular flexibility index (Phi) is 6.09. The van der Waals surface area contributed by atoms with Crippen molar-refractivity contribution in [1.82, 2.24) is 14.9 Å². The maximum atomic E-state index is 12.4. The van der Waals surface area contributed by atoms with Gasteiger partial charge in [0.25, 0.3) is 0 Å². The van der Waals surface area contributed by atoms with E-state index in [4.69, 9.17) is 9.72 Å². The predicted octanol–water partition coefficient (Wildman–Crippen LogP) is 4.34. The summed E-state index contributed by atoms with van der Waals surface area (Å²) in [6.45, 7) is 1.08. The lowest BCUT2D eigenvalue weighted by Gasteiger charge is -2.11. The van der Waals surface area contributed by atoms with Gasteiger partial charge in [0.1, 0.15) is 11.6 Å². The van der Waals surface area contributed by atoms with E-state index in [9.17, 15) is 4.79 Å². The fourth-order valence-corrected chi connectivity index (χ4v) is 3.52. The number of aryl methyl sites for hydroxylation is 1. The third-order valence-electron chi connectivity index (χ3n) is 5.16. The fraction of sp³-hybridized carbons (Fsp3) is 0.200. The number of fused-ring (bicyclic) bond motifs is 1. The SMILES string of the molecule is COc1ccc(Cn2c(CNC(=O)CCc3ccccc3)nc3ccccc32)cc1. The van der Waals surface area contributed by atoms with E-state index in [1.807, 2.05) is 60.7 Å². The Labute approximate surface area is 176 Å². The van der Waals surface area contributed by atoms with E-state index in [1.54, 1.807) is 7.11 Å². The van der Waals surface area contributed by atoms with Crippen molar-refractivity contribution in [1.29, 1.82) is 0 Å². The third kappa shape index (κ3) is 4.69. The number of hydrogen-bond donors (Lipinski definition) is 1. The molecule has 0 fully saturated rings. The average Bonchev–Trinajstić information content (AvgIpc) is 3.15. The Morgan fingerprint density at radius 3 is 2.43 bits per heavy atom. The molecule has 0 aliphatic rings. The Bertz CT molecular complexity index is 1120. The van der Waals surface area contributed by atoms with Crippen molar-refractivity contribution in [2.24, 2.45) is 0 Å². The van der Waals surface area contributed by atoms with Crippen LogP contribution in [0, 0.1) is 0 Å². The van der Waals surface area contributed by atoms with Crippen molar-refractivity contribution in [3.05, 3.63) is 95.8 Å². The van der Waals surface area contributed by atoms with Crippen LogP contribution in [0.3, 0.4) is 0 Å². The smallest absolute Gasteiger partial charge is 0.220 e. The lowest BCUT2D eigenvalue weighted by Crippen LogP contribution is -2.25. The second kappa shape index (κ2) is 9.27. The largest absolute Gasteiger partial charge is 0.497 e. The highest BCUT2D eigenvalue weighted by Crippen LogP contribution is 2.19. The molecule has 0 spiro atoms. The zero-order chi connectivity index (χ0) is 20.8. The molecular weight excluding hydrogens is 374 g/mol. The highest BCUT2D eigenvalue weighted by atomic mass is 16.5. The number of carbonyl (C=O) groups excluding carboxylic acids is 1. The quantitative estimate of drug-likeness (QED) is 0.479. The second-order valence-corrected chi connectivity index (χ2v) is 7.21. The summed E-state index contributed by atoms with van der Waals surface area (Å²) in [6, 6.07) is 26.1. The van der Waals surface area contributed by atoms with E-state index in [2.05, 4.69) is 28.1 Å². The fourth-order valence-electron chi connectivity index (χ4n) is 3.52. The van der Waals surface area contributed by atoms with Gasteiger partial charge in [-0.05, 0) is 41.8 Å². The topological polar surface area (TPSA) is 56.1 Å². The molecule has 152 valence electrons. The van der Waals surface area contributed by atoms with Crippen LogP contribution in [-0.4, -0.2) is 22.6 Å². The molecule has 4 rings (SSSR count). The number of ether oxygens (including phenoxy) is 1. The van der Waals surface area contributed by atoms with Crippen LogP contribution >= 0.6 is 0 Å². The molecule has 1 N–H and O–H groups in total. The van der Waals surface area contributed by atoms with Gasteiger partial charge in [-0.25, -0.2) is 4.98 Å². The molecule has 1 aromatic heterocycles. The summed E-state index contributed by atoms with van der Waals surface area (Å²) in [5, 5.41) is 3.03. The zero-order valence-corrected chi connectivity index (χ0v) is 17.0. The number of methoxy groups -OCH3 is 1. The van der Waals surface area contributed by atoms with Gasteiger partial charge in [-0.2, -0.15) is 0 Å². The van der Waals surface area contributed by atoms with Crippen molar-refractivity contribution in [3.8, 4) is 5.75 Å². The van der Waals surface area contributed by atoms with E-state index in [1.165, 1.54) is 5.56 Å². The first-order valence-electron chi connectivity index (χ1n) is 10.1. The number of rotatable bonds is 8. The molecule has 0 saturated carbocycles. The molecule has 0 aliphatic heterocycles. The zero-order valence-electron chi connectivity index (χ0n) is 17.0. The van der Waals surface area contributed by atoms with Crippen LogP contribution < -0.4 is 10.1 Å². The minimum absolute atomic E-state index is 0.0295. The van der Waals surface area contributed by atoms with Gasteiger partial charge in [0.05, 0.1) is 24.7 Å². The molecule has 30 heavy (non-hydrogen) atoms. The number of carbonyl (C=O) groups is 1. The summed E-state index contributed by atoms with van der Waals surface area (Å²) in [4.78, 5) is 17.1. The van der Waals surface area contributed by atoms with Crippen molar-refractivity contribution in [2.45, 2.75) is 25.9 Å². The van der Waals surface area contributed by atoms with E-state index in [0.29, 0.717) is 19.5 Å². The summed E-state index contributed by atoms with van der Waals surface area (Å²) >= 11 is 0. The van der Waals surface area contributed by atoms with Gasteiger partial charge >= 0.3 is 0 Å². The Balaban J connectivity index is 1.47. The van der Waals surface area contributed by atoms with E-state index < -0.39 is 0 Å². The maximum absolute atomic E-state index is 12.4. The first-order chi connectivity index (χ1) is 14.7. The minimum atomic E-state index is 0.0295. The number of para-hydroxylation sites is 2. The summed E-state index contributed by atoms with van der Waals surface area (Å²) in [5.41, 5.74) is 4.30. The van der Waals surface area contributed by atoms with Gasteiger partial charge in [0.15, 0.2) is 0 Å². The van der Waals surface area contributed by atoms with Gasteiger partial charge in [-0.1, -0.05) is 54.6 Å². The lowest BCUT2D eigenvalue weighted by molar-refractivity contribution is -0.121. The number of benzene rings is 3. The number of hydrogen-bond acceptors (Lipinski definition) is 3. The number of nitrogens with one attached hydrogen (secondary N) is 1. The predicted molar refractivity (Wildman–Crippen MR) is 118 cm³/mol. The van der Waals surface area contributed by atoms with Crippen LogP contribution in [0.2, 0.25) is 0 Å². The van der Waals surface area contributed by atoms with Crippen molar-refractivity contribution in [2.75, 3.05) is 7.11 Å². The van der Waals surface area contributed by atoms with E-state index >= 15 is 0 Å². The summed E-state index contributed by atoms with van der Waals surface area (Å²) in [7, 11) is 1.66. The van der Waals surface area contributed by atoms with Crippen LogP contribution in [0.25, 0.3) is 11.0 Å². The Morgan fingerprint density at radius 1 is 0.933 bits per heavy atom. The minimum Gasteiger partial charge on any atom is -0.497 e. The second-order valence-electron chi connectivity index (χ2n) is 7.21. The molecule has 0 saturated heterocycles. The van der Waals surface area contributed by atoms with Crippen molar-refractivity contribution >= 4 is 16.9 Å². The maximum Gasteiger partial charge on any atom is 0.220 e. The molecule has 5 heteroatoms. The average molecular weight is 399 g/mol. The molecular formula is C25H25N3O2.